The van der Waals surface area contributed by atoms with Crippen molar-refractivity contribution in [2.45, 2.75) is 89.3 Å². The molecule has 1 aromatic carbocycles. The minimum atomic E-state index is -0.503. The van der Waals surface area contributed by atoms with Gasteiger partial charge in [-0.25, -0.2) is 4.79 Å². The number of anilines is 2. The monoisotopic (exact) mass is 425 g/mol. The smallest absolute Gasteiger partial charge is 0.412 e. The van der Waals surface area contributed by atoms with E-state index in [4.69, 9.17) is 4.74 Å². The van der Waals surface area contributed by atoms with Gasteiger partial charge in [0.15, 0.2) is 0 Å². The summed E-state index contributed by atoms with van der Waals surface area (Å²) in [4.78, 5) is 15.1. The van der Waals surface area contributed by atoms with E-state index in [1.807, 2.05) is 39.0 Å². The molecular formula is C26H39N3O2. The van der Waals surface area contributed by atoms with Crippen molar-refractivity contribution < 1.29 is 9.53 Å². The second-order valence-corrected chi connectivity index (χ2v) is 11.7. The Morgan fingerprint density at radius 3 is 2.06 bits per heavy atom. The van der Waals surface area contributed by atoms with E-state index < -0.39 is 11.7 Å². The van der Waals surface area contributed by atoms with Crippen LogP contribution in [0.25, 0.3) is 0 Å². The Bertz CT molecular complexity index is 772. The summed E-state index contributed by atoms with van der Waals surface area (Å²) >= 11 is 0. The van der Waals surface area contributed by atoms with Crippen molar-refractivity contribution in [1.82, 2.24) is 4.90 Å². The molecule has 170 valence electrons. The number of likely N-dealkylation sites (tertiary alicyclic amines) is 1. The maximum atomic E-state index is 12.3. The van der Waals surface area contributed by atoms with Crippen molar-refractivity contribution in [2.75, 3.05) is 23.7 Å². The number of benzene rings is 1. The Kier molecular flexibility index (Phi) is 5.44. The van der Waals surface area contributed by atoms with Gasteiger partial charge in [-0.05, 0) is 102 Å². The number of carbonyl (C=O) groups excluding carboxylic acids is 1. The highest BCUT2D eigenvalue weighted by Crippen LogP contribution is 2.58. The summed E-state index contributed by atoms with van der Waals surface area (Å²) in [5, 5.41) is 6.64. The Morgan fingerprint density at radius 2 is 1.52 bits per heavy atom. The zero-order chi connectivity index (χ0) is 21.6. The van der Waals surface area contributed by atoms with E-state index in [0.29, 0.717) is 11.6 Å². The van der Waals surface area contributed by atoms with Crippen molar-refractivity contribution in [3.8, 4) is 0 Å². The maximum Gasteiger partial charge on any atom is 0.412 e. The predicted molar refractivity (Wildman–Crippen MR) is 125 cm³/mol. The number of nitrogens with zero attached hydrogens (tertiary/aromatic N) is 1. The molecule has 31 heavy (non-hydrogen) atoms. The molecule has 1 aromatic rings. The summed E-state index contributed by atoms with van der Waals surface area (Å²) in [5.74, 6) is 3.02. The number of carbonyl (C=O) groups is 1. The van der Waals surface area contributed by atoms with Crippen LogP contribution < -0.4 is 10.6 Å². The molecule has 5 fully saturated rings. The van der Waals surface area contributed by atoms with Crippen molar-refractivity contribution in [3.63, 3.8) is 0 Å². The van der Waals surface area contributed by atoms with Crippen LogP contribution >= 0.6 is 0 Å². The predicted octanol–water partition coefficient (Wildman–Crippen LogP) is 5.88. The molecule has 4 bridgehead atoms. The normalized spacial score (nSPS) is 33.3. The Hall–Kier alpha value is -1.75. The molecule has 5 aliphatic rings. The third kappa shape index (κ3) is 4.57. The van der Waals surface area contributed by atoms with Gasteiger partial charge in [-0.2, -0.15) is 0 Å². The number of hydrogen-bond donors (Lipinski definition) is 2. The molecule has 6 rings (SSSR count). The number of hydrogen-bond acceptors (Lipinski definition) is 4. The average molecular weight is 426 g/mol. The number of piperidine rings is 1. The van der Waals surface area contributed by atoms with Gasteiger partial charge in [0.05, 0.1) is 11.4 Å². The van der Waals surface area contributed by atoms with Crippen LogP contribution in [0.1, 0.15) is 72.1 Å². The first-order valence-corrected chi connectivity index (χ1v) is 12.4. The van der Waals surface area contributed by atoms with Gasteiger partial charge in [0.1, 0.15) is 5.60 Å². The number of para-hydroxylation sites is 2. The third-order valence-corrected chi connectivity index (χ3v) is 8.09. The maximum absolute atomic E-state index is 12.3. The van der Waals surface area contributed by atoms with Crippen molar-refractivity contribution in [1.29, 1.82) is 0 Å². The van der Waals surface area contributed by atoms with Crippen LogP contribution in [0.3, 0.4) is 0 Å². The van der Waals surface area contributed by atoms with Gasteiger partial charge in [-0.3, -0.25) is 10.2 Å². The molecule has 5 heteroatoms. The average Bonchev–Trinajstić information content (AvgIpc) is 2.67. The highest BCUT2D eigenvalue weighted by atomic mass is 16.6. The molecule has 0 spiro atoms. The van der Waals surface area contributed by atoms with Gasteiger partial charge >= 0.3 is 6.09 Å². The summed E-state index contributed by atoms with van der Waals surface area (Å²) in [6, 6.07) is 8.42. The van der Waals surface area contributed by atoms with Gasteiger partial charge in [-0.1, -0.05) is 12.1 Å². The van der Waals surface area contributed by atoms with Crippen LogP contribution in [-0.2, 0) is 4.74 Å². The molecular weight excluding hydrogens is 386 g/mol. The van der Waals surface area contributed by atoms with Gasteiger partial charge < -0.3 is 10.1 Å². The van der Waals surface area contributed by atoms with Gasteiger partial charge in [-0.15, -0.1) is 0 Å². The molecule has 0 atom stereocenters. The Morgan fingerprint density at radius 1 is 0.968 bits per heavy atom. The van der Waals surface area contributed by atoms with Gasteiger partial charge in [0.2, 0.25) is 0 Å². The second-order valence-electron chi connectivity index (χ2n) is 11.7. The quantitative estimate of drug-likeness (QED) is 0.633. The fourth-order valence-corrected chi connectivity index (χ4v) is 7.30. The molecule has 4 aliphatic carbocycles. The van der Waals surface area contributed by atoms with Crippen LogP contribution in [-0.4, -0.2) is 41.3 Å². The van der Waals surface area contributed by atoms with E-state index in [1.165, 1.54) is 64.5 Å². The first kappa shape index (κ1) is 21.1. The highest BCUT2D eigenvalue weighted by molar-refractivity contribution is 5.89. The van der Waals surface area contributed by atoms with Crippen molar-refractivity contribution in [2.24, 2.45) is 17.8 Å². The molecule has 0 aromatic heterocycles. The van der Waals surface area contributed by atoms with E-state index in [2.05, 4.69) is 21.6 Å². The summed E-state index contributed by atoms with van der Waals surface area (Å²) in [7, 11) is 0. The zero-order valence-corrected chi connectivity index (χ0v) is 19.5. The van der Waals surface area contributed by atoms with E-state index in [-0.39, 0.29) is 0 Å². The number of rotatable bonds is 4. The first-order valence-electron chi connectivity index (χ1n) is 12.4. The standard InChI is InChI=1S/C26H39N3O2/c1-25(2,3)31-24(30)28-23-7-5-4-6-22(23)27-21-8-10-29(11-9-21)26-15-18-12-19(16-26)14-20(13-18)17-26/h4-7,18-21,27H,8-17H2,1-3H3,(H,28,30). The zero-order valence-electron chi connectivity index (χ0n) is 19.5. The minimum absolute atomic E-state index is 0.404. The highest BCUT2D eigenvalue weighted by Gasteiger charge is 2.53. The van der Waals surface area contributed by atoms with Crippen molar-refractivity contribution in [3.05, 3.63) is 24.3 Å². The summed E-state index contributed by atoms with van der Waals surface area (Å²) < 4.78 is 5.43. The number of nitrogens with one attached hydrogen (secondary N) is 2. The molecule has 0 radical (unpaired) electrons. The van der Waals surface area contributed by atoms with Crippen LogP contribution in [0.2, 0.25) is 0 Å². The molecule has 1 aliphatic heterocycles. The number of ether oxygens (including phenoxy) is 1. The minimum Gasteiger partial charge on any atom is -0.444 e. The molecule has 1 saturated heterocycles. The topological polar surface area (TPSA) is 53.6 Å². The molecule has 1 heterocycles. The lowest BCUT2D eigenvalue weighted by atomic mass is 9.52. The summed E-state index contributed by atoms with van der Waals surface area (Å²) in [6.07, 6.45) is 10.8. The van der Waals surface area contributed by atoms with Gasteiger partial charge in [0, 0.05) is 24.7 Å². The van der Waals surface area contributed by atoms with Crippen molar-refractivity contribution >= 4 is 17.5 Å². The molecule has 2 N–H and O–H groups in total. The first-order chi connectivity index (χ1) is 14.8. The van der Waals surface area contributed by atoms with E-state index in [1.54, 1.807) is 0 Å². The third-order valence-electron chi connectivity index (χ3n) is 8.09. The van der Waals surface area contributed by atoms with Crippen LogP contribution in [0, 0.1) is 17.8 Å². The molecule has 5 nitrogen and oxygen atoms in total. The lowest BCUT2D eigenvalue weighted by Gasteiger charge is -2.61. The Balaban J connectivity index is 1.19. The lowest BCUT2D eigenvalue weighted by Crippen LogP contribution is -2.62. The van der Waals surface area contributed by atoms with E-state index in [0.717, 1.165) is 29.1 Å². The van der Waals surface area contributed by atoms with E-state index >= 15 is 0 Å². The molecule has 0 unspecified atom stereocenters. The number of amides is 1. The Labute approximate surface area is 187 Å². The van der Waals surface area contributed by atoms with Gasteiger partial charge in [0.25, 0.3) is 0 Å². The molecule has 4 saturated carbocycles. The fraction of sp³-hybridized carbons (Fsp3) is 0.731. The summed E-state index contributed by atoms with van der Waals surface area (Å²) in [6.45, 7) is 8.05. The lowest BCUT2D eigenvalue weighted by molar-refractivity contribution is -0.0949. The second kappa shape index (κ2) is 7.99. The van der Waals surface area contributed by atoms with Crippen LogP contribution in [0.4, 0.5) is 16.2 Å². The van der Waals surface area contributed by atoms with Crippen LogP contribution in [0.5, 0.6) is 0 Å². The molecule has 1 amide bonds. The largest absolute Gasteiger partial charge is 0.444 e. The SMILES string of the molecule is CC(C)(C)OC(=O)Nc1ccccc1NC1CCN(C23CC4CC(CC(C4)C2)C3)CC1. The van der Waals surface area contributed by atoms with Crippen LogP contribution in [0.15, 0.2) is 24.3 Å². The summed E-state index contributed by atoms with van der Waals surface area (Å²) in [5.41, 5.74) is 1.80. The van der Waals surface area contributed by atoms with E-state index in [9.17, 15) is 4.79 Å². The fourth-order valence-electron chi connectivity index (χ4n) is 7.30.